The summed E-state index contributed by atoms with van der Waals surface area (Å²) < 4.78 is 13.3. The molecule has 3 heterocycles. The van der Waals surface area contributed by atoms with Crippen LogP contribution in [0.2, 0.25) is 0 Å². The van der Waals surface area contributed by atoms with E-state index >= 15 is 0 Å². The van der Waals surface area contributed by atoms with Crippen molar-refractivity contribution >= 4 is 22.5 Å². The van der Waals surface area contributed by atoms with Gasteiger partial charge in [-0.3, -0.25) is 4.40 Å². The van der Waals surface area contributed by atoms with Crippen molar-refractivity contribution in [1.82, 2.24) is 9.38 Å². The molecule has 0 fully saturated rings. The van der Waals surface area contributed by atoms with Crippen LogP contribution in [0.1, 0.15) is 41.8 Å². The second kappa shape index (κ2) is 9.63. The Morgan fingerprint density at radius 2 is 1.94 bits per heavy atom. The van der Waals surface area contributed by atoms with E-state index < -0.39 is 0 Å². The normalized spacial score (nSPS) is 11.9. The van der Waals surface area contributed by atoms with Gasteiger partial charge in [-0.1, -0.05) is 29.8 Å². The third-order valence-corrected chi connectivity index (χ3v) is 6.48. The number of nitriles is 1. The van der Waals surface area contributed by atoms with Crippen LogP contribution in [-0.4, -0.2) is 16.5 Å². The van der Waals surface area contributed by atoms with Crippen molar-refractivity contribution in [3.05, 3.63) is 108 Å². The van der Waals surface area contributed by atoms with E-state index in [-0.39, 0.29) is 6.04 Å². The van der Waals surface area contributed by atoms with E-state index in [0.29, 0.717) is 17.8 Å². The summed E-state index contributed by atoms with van der Waals surface area (Å²) in [5, 5.41) is 9.98. The molecule has 0 N–H and O–H groups in total. The predicted molar refractivity (Wildman–Crippen MR) is 142 cm³/mol. The van der Waals surface area contributed by atoms with Gasteiger partial charge in [-0.05, 0) is 73.9 Å². The van der Waals surface area contributed by atoms with Crippen LogP contribution in [0.4, 0.5) is 5.82 Å². The zero-order valence-electron chi connectivity index (χ0n) is 20.7. The lowest BCUT2D eigenvalue weighted by molar-refractivity contribution is 0.414. The Morgan fingerprint density at radius 1 is 1.17 bits per heavy atom. The largest absolute Gasteiger partial charge is 0.497 e. The van der Waals surface area contributed by atoms with Crippen LogP contribution in [0.25, 0.3) is 16.7 Å². The van der Waals surface area contributed by atoms with Gasteiger partial charge in [-0.15, -0.1) is 6.58 Å². The molecule has 0 aliphatic heterocycles. The monoisotopic (exact) mass is 476 g/mol. The maximum Gasteiger partial charge on any atom is 0.157 e. The number of fused-ring (bicyclic) bond motifs is 3. The summed E-state index contributed by atoms with van der Waals surface area (Å²) in [5.74, 6) is 2.59. The van der Waals surface area contributed by atoms with E-state index in [1.165, 1.54) is 0 Å². The van der Waals surface area contributed by atoms with Gasteiger partial charge >= 0.3 is 0 Å². The van der Waals surface area contributed by atoms with Gasteiger partial charge in [0.25, 0.3) is 0 Å². The summed E-state index contributed by atoms with van der Waals surface area (Å²) in [7, 11) is 1.67. The molecule has 3 aromatic heterocycles. The second-order valence-corrected chi connectivity index (χ2v) is 9.09. The predicted octanol–water partition coefficient (Wildman–Crippen LogP) is 6.98. The molecule has 180 valence electrons. The molecule has 1 atom stereocenters. The highest BCUT2D eigenvalue weighted by molar-refractivity contribution is 5.85. The molecule has 1 unspecified atom stereocenters. The minimum absolute atomic E-state index is 0.0461. The number of aryl methyl sites for hydroxylation is 1. The number of aromatic nitrogens is 2. The lowest BCUT2D eigenvalue weighted by Gasteiger charge is -2.35. The minimum Gasteiger partial charge on any atom is -0.497 e. The molecule has 36 heavy (non-hydrogen) atoms. The average Bonchev–Trinajstić information content (AvgIpc) is 3.53. The fourth-order valence-corrected chi connectivity index (χ4v) is 4.77. The van der Waals surface area contributed by atoms with Gasteiger partial charge in [0.15, 0.2) is 5.65 Å². The number of hydrogen-bond acceptors (Lipinski definition) is 5. The summed E-state index contributed by atoms with van der Waals surface area (Å²) in [4.78, 5) is 7.18. The topological polar surface area (TPSA) is 66.7 Å². The number of pyridine rings is 1. The number of methoxy groups -OCH3 is 1. The Hall–Kier alpha value is -4.50. The Morgan fingerprint density at radius 3 is 2.61 bits per heavy atom. The minimum atomic E-state index is -0.0461. The van der Waals surface area contributed by atoms with Crippen LogP contribution < -0.4 is 9.64 Å². The zero-order valence-corrected chi connectivity index (χ0v) is 20.7. The standard InChI is InChI=1S/C30H28N4O2/c1-20(2)16-28(22-11-13-23(35-4)14-12-22)33(19-24-8-7-15-36-24)29-17-21(3)25(18-31)30-32-26-9-5-6-10-27(26)34(29)30/h5-15,17,28H,1,16,19H2,2-4H3. The summed E-state index contributed by atoms with van der Waals surface area (Å²) >= 11 is 0. The molecule has 0 spiro atoms. The Balaban J connectivity index is 1.79. The molecule has 6 heteroatoms. The molecule has 0 amide bonds. The van der Waals surface area contributed by atoms with E-state index in [1.54, 1.807) is 13.4 Å². The van der Waals surface area contributed by atoms with Gasteiger partial charge in [-0.25, -0.2) is 4.98 Å². The first-order valence-electron chi connectivity index (χ1n) is 11.9. The van der Waals surface area contributed by atoms with Crippen molar-refractivity contribution < 1.29 is 9.15 Å². The number of nitrogens with zero attached hydrogens (tertiary/aromatic N) is 4. The summed E-state index contributed by atoms with van der Waals surface area (Å²) in [6.45, 7) is 8.78. The lowest BCUT2D eigenvalue weighted by Crippen LogP contribution is -2.30. The molecule has 5 aromatic rings. The first kappa shape index (κ1) is 23.3. The second-order valence-electron chi connectivity index (χ2n) is 9.09. The number of anilines is 1. The van der Waals surface area contributed by atoms with Gasteiger partial charge < -0.3 is 14.1 Å². The van der Waals surface area contributed by atoms with Gasteiger partial charge in [0, 0.05) is 0 Å². The molecular weight excluding hydrogens is 448 g/mol. The van der Waals surface area contributed by atoms with Crippen LogP contribution in [0.15, 0.2) is 89.6 Å². The van der Waals surface area contributed by atoms with Crippen LogP contribution >= 0.6 is 0 Å². The van der Waals surface area contributed by atoms with Crippen molar-refractivity contribution in [2.75, 3.05) is 12.0 Å². The number of rotatable bonds is 8. The number of hydrogen-bond donors (Lipinski definition) is 0. The van der Waals surface area contributed by atoms with E-state index in [4.69, 9.17) is 14.1 Å². The summed E-state index contributed by atoms with van der Waals surface area (Å²) in [6, 6.07) is 24.4. The number of para-hydroxylation sites is 2. The number of benzene rings is 2. The Bertz CT molecular complexity index is 1570. The summed E-state index contributed by atoms with van der Waals surface area (Å²) in [5.41, 5.74) is 6.11. The van der Waals surface area contributed by atoms with Crippen molar-refractivity contribution in [3.63, 3.8) is 0 Å². The van der Waals surface area contributed by atoms with E-state index in [2.05, 4.69) is 40.1 Å². The smallest absolute Gasteiger partial charge is 0.157 e. The Kier molecular flexibility index (Phi) is 6.22. The highest BCUT2D eigenvalue weighted by Gasteiger charge is 2.27. The number of imidazole rings is 1. The van der Waals surface area contributed by atoms with Gasteiger partial charge in [0.1, 0.15) is 23.4 Å². The molecule has 0 bridgehead atoms. The fourth-order valence-electron chi connectivity index (χ4n) is 4.77. The third-order valence-electron chi connectivity index (χ3n) is 6.48. The molecule has 0 radical (unpaired) electrons. The third kappa shape index (κ3) is 4.20. The van der Waals surface area contributed by atoms with Crippen LogP contribution in [0.3, 0.4) is 0 Å². The average molecular weight is 477 g/mol. The highest BCUT2D eigenvalue weighted by atomic mass is 16.5. The molecule has 2 aromatic carbocycles. The molecule has 0 aliphatic carbocycles. The number of ether oxygens (including phenoxy) is 1. The van der Waals surface area contributed by atoms with Crippen LogP contribution in [-0.2, 0) is 6.54 Å². The molecule has 0 aliphatic rings. The van der Waals surface area contributed by atoms with Crippen molar-refractivity contribution in [2.45, 2.75) is 32.9 Å². The first-order valence-corrected chi connectivity index (χ1v) is 11.9. The zero-order chi connectivity index (χ0) is 25.2. The Labute approximate surface area is 210 Å². The van der Waals surface area contributed by atoms with Crippen LogP contribution in [0, 0.1) is 18.3 Å². The van der Waals surface area contributed by atoms with Crippen molar-refractivity contribution in [1.29, 1.82) is 5.26 Å². The lowest BCUT2D eigenvalue weighted by atomic mass is 9.97. The molecular formula is C30H28N4O2. The van der Waals surface area contributed by atoms with Crippen LogP contribution in [0.5, 0.6) is 5.75 Å². The molecule has 6 nitrogen and oxygen atoms in total. The van der Waals surface area contributed by atoms with Crippen molar-refractivity contribution in [2.24, 2.45) is 0 Å². The van der Waals surface area contributed by atoms with Gasteiger partial charge in [-0.2, -0.15) is 5.26 Å². The molecule has 0 saturated carbocycles. The quantitative estimate of drug-likeness (QED) is 0.226. The van der Waals surface area contributed by atoms with Gasteiger partial charge in [0.2, 0.25) is 0 Å². The molecule has 0 saturated heterocycles. The summed E-state index contributed by atoms with van der Waals surface area (Å²) in [6.07, 6.45) is 2.43. The molecule has 5 rings (SSSR count). The maximum atomic E-state index is 9.98. The van der Waals surface area contributed by atoms with E-state index in [9.17, 15) is 5.26 Å². The SMILES string of the molecule is C=C(C)CC(c1ccc(OC)cc1)N(Cc1ccco1)c1cc(C)c(C#N)c2nc3ccccc3n12. The number of furan rings is 1. The highest BCUT2D eigenvalue weighted by Crippen LogP contribution is 2.37. The van der Waals surface area contributed by atoms with Crippen molar-refractivity contribution in [3.8, 4) is 11.8 Å². The van der Waals surface area contributed by atoms with Gasteiger partial charge in [0.05, 0.1) is 42.6 Å². The van der Waals surface area contributed by atoms with E-state index in [1.807, 2.05) is 62.4 Å². The van der Waals surface area contributed by atoms with E-state index in [0.717, 1.165) is 51.5 Å². The first-order chi connectivity index (χ1) is 17.5. The maximum absolute atomic E-state index is 9.98. The fraction of sp³-hybridized carbons (Fsp3) is 0.200.